The van der Waals surface area contributed by atoms with Crippen LogP contribution in [0.5, 0.6) is 17.2 Å². The molecular formula is C36H36N6O5S2. The quantitative estimate of drug-likeness (QED) is 0.150. The molecule has 0 fully saturated rings. The summed E-state index contributed by atoms with van der Waals surface area (Å²) in [5.41, 5.74) is 5.45. The van der Waals surface area contributed by atoms with Gasteiger partial charge in [-0.05, 0) is 78.4 Å². The third kappa shape index (κ3) is 7.03. The van der Waals surface area contributed by atoms with Crippen molar-refractivity contribution >= 4 is 40.6 Å². The summed E-state index contributed by atoms with van der Waals surface area (Å²) >= 11 is 2.64. The average Bonchev–Trinajstić information content (AvgIpc) is 3.91. The molecule has 3 heterocycles. The number of rotatable bonds is 12. The number of amides is 2. The van der Waals surface area contributed by atoms with E-state index < -0.39 is 6.04 Å². The fourth-order valence-electron chi connectivity index (χ4n) is 5.69. The van der Waals surface area contributed by atoms with Gasteiger partial charge in [0.05, 0.1) is 55.9 Å². The second-order valence-electron chi connectivity index (χ2n) is 11.2. The Balaban J connectivity index is 1.30. The first-order valence-electron chi connectivity index (χ1n) is 15.5. The van der Waals surface area contributed by atoms with Crippen LogP contribution in [0.25, 0.3) is 5.69 Å². The highest BCUT2D eigenvalue weighted by atomic mass is 32.2. The highest BCUT2D eigenvalue weighted by Crippen LogP contribution is 2.42. The third-order valence-corrected chi connectivity index (χ3v) is 10.2. The summed E-state index contributed by atoms with van der Waals surface area (Å²) in [6, 6.07) is 22.4. The number of carbonyl (C=O) groups excluding carboxylic acids is 2. The Morgan fingerprint density at radius 3 is 2.45 bits per heavy atom. The molecule has 5 aromatic rings. The molecule has 6 rings (SSSR count). The van der Waals surface area contributed by atoms with Crippen LogP contribution in [0.4, 0.5) is 0 Å². The molecule has 1 unspecified atom stereocenters. The molecule has 252 valence electrons. The van der Waals surface area contributed by atoms with Gasteiger partial charge in [-0.2, -0.15) is 5.10 Å². The molecule has 2 amide bonds. The van der Waals surface area contributed by atoms with Gasteiger partial charge < -0.3 is 19.5 Å². The van der Waals surface area contributed by atoms with E-state index in [0.29, 0.717) is 33.8 Å². The molecule has 3 aromatic carbocycles. The molecule has 1 aliphatic rings. The SMILES string of the molecule is COc1ccc(C2=NN(C(=O)CSc3nnc(CNC(=O)c4cccs4)n3-c3cccc(C)c3C)C(c3cccc(OC)c3OC)C2)cc1. The molecule has 0 saturated carbocycles. The lowest BCUT2D eigenvalue weighted by Crippen LogP contribution is -2.29. The van der Waals surface area contributed by atoms with E-state index in [1.165, 1.54) is 28.1 Å². The van der Waals surface area contributed by atoms with Crippen molar-refractivity contribution in [3.05, 3.63) is 111 Å². The zero-order chi connectivity index (χ0) is 34.5. The van der Waals surface area contributed by atoms with Gasteiger partial charge in [0.25, 0.3) is 11.8 Å². The van der Waals surface area contributed by atoms with Crippen molar-refractivity contribution in [2.75, 3.05) is 27.1 Å². The second-order valence-corrected chi connectivity index (χ2v) is 13.1. The highest BCUT2D eigenvalue weighted by molar-refractivity contribution is 7.99. The van der Waals surface area contributed by atoms with E-state index in [1.807, 2.05) is 90.5 Å². The van der Waals surface area contributed by atoms with Crippen molar-refractivity contribution in [2.45, 2.75) is 38.0 Å². The number of methoxy groups -OCH3 is 3. The van der Waals surface area contributed by atoms with Gasteiger partial charge in [0.1, 0.15) is 5.75 Å². The number of nitrogens with one attached hydrogen (secondary N) is 1. The number of carbonyl (C=O) groups is 2. The van der Waals surface area contributed by atoms with Crippen LogP contribution in [0.1, 0.15) is 50.2 Å². The Morgan fingerprint density at radius 2 is 1.73 bits per heavy atom. The minimum atomic E-state index is -0.435. The maximum atomic E-state index is 14.1. The lowest BCUT2D eigenvalue weighted by atomic mass is 9.97. The van der Waals surface area contributed by atoms with E-state index in [1.54, 1.807) is 27.4 Å². The largest absolute Gasteiger partial charge is 0.497 e. The van der Waals surface area contributed by atoms with Crippen molar-refractivity contribution in [1.29, 1.82) is 0 Å². The van der Waals surface area contributed by atoms with Crippen LogP contribution in [0.3, 0.4) is 0 Å². The predicted octanol–water partition coefficient (Wildman–Crippen LogP) is 6.37. The summed E-state index contributed by atoms with van der Waals surface area (Å²) in [5, 5.41) is 20.7. The molecule has 0 radical (unpaired) electrons. The summed E-state index contributed by atoms with van der Waals surface area (Å²) in [5.74, 6) is 2.03. The first-order valence-corrected chi connectivity index (χ1v) is 17.4. The number of hydrogen-bond acceptors (Lipinski definition) is 10. The monoisotopic (exact) mass is 696 g/mol. The van der Waals surface area contributed by atoms with Crippen molar-refractivity contribution < 1.29 is 23.8 Å². The fourth-order valence-corrected chi connectivity index (χ4v) is 7.15. The summed E-state index contributed by atoms with van der Waals surface area (Å²) < 4.78 is 18.6. The van der Waals surface area contributed by atoms with Gasteiger partial charge >= 0.3 is 0 Å². The number of thiophene rings is 1. The molecule has 1 N–H and O–H groups in total. The van der Waals surface area contributed by atoms with E-state index in [2.05, 4.69) is 15.5 Å². The number of hydrogen-bond donors (Lipinski definition) is 1. The van der Waals surface area contributed by atoms with E-state index in [0.717, 1.165) is 39.4 Å². The number of hydrazone groups is 1. The second kappa shape index (κ2) is 15.0. The molecule has 1 atom stereocenters. The van der Waals surface area contributed by atoms with Gasteiger partial charge in [-0.3, -0.25) is 14.2 Å². The highest BCUT2D eigenvalue weighted by Gasteiger charge is 2.36. The minimum absolute atomic E-state index is 0.0345. The van der Waals surface area contributed by atoms with Gasteiger partial charge in [0, 0.05) is 12.0 Å². The van der Waals surface area contributed by atoms with Crippen molar-refractivity contribution in [3.63, 3.8) is 0 Å². The summed E-state index contributed by atoms with van der Waals surface area (Å²) in [6.45, 7) is 4.23. The first kappa shape index (κ1) is 33.7. The van der Waals surface area contributed by atoms with Crippen LogP contribution < -0.4 is 19.5 Å². The van der Waals surface area contributed by atoms with Crippen LogP contribution >= 0.6 is 23.1 Å². The van der Waals surface area contributed by atoms with Crippen molar-refractivity contribution in [1.82, 2.24) is 25.1 Å². The van der Waals surface area contributed by atoms with Crippen LogP contribution in [0, 0.1) is 13.8 Å². The number of aromatic nitrogens is 3. The van der Waals surface area contributed by atoms with E-state index in [-0.39, 0.29) is 24.1 Å². The molecule has 0 saturated heterocycles. The number of benzene rings is 3. The Labute approximate surface area is 292 Å². The molecular weight excluding hydrogens is 661 g/mol. The average molecular weight is 697 g/mol. The fraction of sp³-hybridized carbons (Fsp3) is 0.250. The number of thioether (sulfide) groups is 1. The van der Waals surface area contributed by atoms with Gasteiger partial charge in [-0.15, -0.1) is 21.5 Å². The Hall–Kier alpha value is -5.14. The topological polar surface area (TPSA) is 120 Å². The van der Waals surface area contributed by atoms with Crippen molar-refractivity contribution in [3.8, 4) is 22.9 Å². The number of ether oxygens (including phenoxy) is 3. The standard InChI is InChI=1S/C36H36N6O5S2/c1-22-9-6-11-28(23(22)2)41-32(20-37-35(44)31-13-8-18-48-31)38-39-36(41)49-21-33(43)42-29(26-10-7-12-30(46-4)34(26)47-5)19-27(40-42)24-14-16-25(45-3)17-15-24/h6-18,29H,19-21H2,1-5H3,(H,37,44). The lowest BCUT2D eigenvalue weighted by Gasteiger charge is -2.24. The normalized spacial score (nSPS) is 14.0. The zero-order valence-electron chi connectivity index (χ0n) is 27.8. The molecule has 11 nitrogen and oxygen atoms in total. The summed E-state index contributed by atoms with van der Waals surface area (Å²) in [4.78, 5) is 27.5. The van der Waals surface area contributed by atoms with Gasteiger partial charge in [-0.1, -0.05) is 42.1 Å². The predicted molar refractivity (Wildman–Crippen MR) is 190 cm³/mol. The van der Waals surface area contributed by atoms with Crippen LogP contribution in [0.15, 0.2) is 88.4 Å². The van der Waals surface area contributed by atoms with Gasteiger partial charge in [0.15, 0.2) is 22.5 Å². The van der Waals surface area contributed by atoms with Crippen LogP contribution in [-0.2, 0) is 11.3 Å². The maximum Gasteiger partial charge on any atom is 0.261 e. The molecule has 1 aliphatic heterocycles. The van der Waals surface area contributed by atoms with Crippen LogP contribution in [-0.4, -0.2) is 64.4 Å². The molecule has 0 aliphatic carbocycles. The molecule has 0 spiro atoms. The Kier molecular flexibility index (Phi) is 10.3. The minimum Gasteiger partial charge on any atom is -0.497 e. The first-order chi connectivity index (χ1) is 23.8. The molecule has 0 bridgehead atoms. The molecule has 49 heavy (non-hydrogen) atoms. The maximum absolute atomic E-state index is 14.1. The van der Waals surface area contributed by atoms with E-state index >= 15 is 0 Å². The molecule has 13 heteroatoms. The van der Waals surface area contributed by atoms with Gasteiger partial charge in [-0.25, -0.2) is 5.01 Å². The van der Waals surface area contributed by atoms with Crippen LogP contribution in [0.2, 0.25) is 0 Å². The van der Waals surface area contributed by atoms with E-state index in [4.69, 9.17) is 19.3 Å². The van der Waals surface area contributed by atoms with Gasteiger partial charge in [0.2, 0.25) is 0 Å². The molecule has 2 aromatic heterocycles. The van der Waals surface area contributed by atoms with Crippen molar-refractivity contribution in [2.24, 2.45) is 5.10 Å². The summed E-state index contributed by atoms with van der Waals surface area (Å²) in [6.07, 6.45) is 0.471. The smallest absolute Gasteiger partial charge is 0.261 e. The number of nitrogens with zero attached hydrogens (tertiary/aromatic N) is 5. The number of aryl methyl sites for hydroxylation is 1. The summed E-state index contributed by atoms with van der Waals surface area (Å²) in [7, 11) is 4.80. The Morgan fingerprint density at radius 1 is 0.939 bits per heavy atom. The zero-order valence-corrected chi connectivity index (χ0v) is 29.4. The third-order valence-electron chi connectivity index (χ3n) is 8.38. The Bertz CT molecular complexity index is 1990. The lowest BCUT2D eigenvalue weighted by molar-refractivity contribution is -0.130. The van der Waals surface area contributed by atoms with E-state index in [9.17, 15) is 9.59 Å². The number of para-hydroxylation sites is 1.